The molecule has 1 heterocycles. The Morgan fingerprint density at radius 2 is 1.73 bits per heavy atom. The number of benzene rings is 1. The molecule has 0 aromatic heterocycles. The summed E-state index contributed by atoms with van der Waals surface area (Å²) >= 11 is 0. The molecule has 1 fully saturated rings. The fourth-order valence-corrected chi connectivity index (χ4v) is 1.88. The van der Waals surface area contributed by atoms with Gasteiger partial charge >= 0.3 is 0 Å². The Bertz CT molecular complexity index is 260. The van der Waals surface area contributed by atoms with Crippen LogP contribution >= 0.6 is 0 Å². The van der Waals surface area contributed by atoms with E-state index in [1.54, 1.807) is 4.90 Å². The van der Waals surface area contributed by atoms with E-state index in [2.05, 4.69) is 30.3 Å². The fraction of sp³-hybridized carbons (Fsp3) is 0.500. The predicted octanol–water partition coefficient (Wildman–Crippen LogP) is -2.85. The third-order valence-corrected chi connectivity index (χ3v) is 2.81. The van der Waals surface area contributed by atoms with Crippen molar-refractivity contribution in [3.05, 3.63) is 35.9 Å². The van der Waals surface area contributed by atoms with Gasteiger partial charge in [0.25, 0.3) is 0 Å². The Labute approximate surface area is 97.6 Å². The minimum atomic E-state index is 0. The van der Waals surface area contributed by atoms with Gasteiger partial charge in [-0.1, -0.05) is 30.3 Å². The summed E-state index contributed by atoms with van der Waals surface area (Å²) in [5.74, 6) is 0. The van der Waals surface area contributed by atoms with Crippen molar-refractivity contribution < 1.29 is 22.0 Å². The Morgan fingerprint density at radius 3 is 2.40 bits per heavy atom. The predicted molar refractivity (Wildman–Crippen MR) is 56.5 cm³/mol. The largest absolute Gasteiger partial charge is 1.00 e. The minimum Gasteiger partial charge on any atom is -1.00 e. The molecule has 84 valence electrons. The monoisotopic (exact) mass is 227 g/mol. The van der Waals surface area contributed by atoms with Gasteiger partial charge in [-0.2, -0.15) is 0 Å². The van der Waals surface area contributed by atoms with Crippen LogP contribution in [0.3, 0.4) is 0 Å². The van der Waals surface area contributed by atoms with Gasteiger partial charge in [-0.05, 0) is 5.56 Å². The lowest BCUT2D eigenvalue weighted by molar-refractivity contribution is -0.907. The Balaban J connectivity index is 0.00000112. The lowest BCUT2D eigenvalue weighted by Crippen LogP contribution is -3.14. The highest BCUT2D eigenvalue weighted by Crippen LogP contribution is 1.97. The molecule has 1 aliphatic heterocycles. The molecule has 0 radical (unpaired) electrons. The van der Waals surface area contributed by atoms with E-state index in [4.69, 9.17) is 4.74 Å². The van der Waals surface area contributed by atoms with Gasteiger partial charge in [0, 0.05) is 6.42 Å². The van der Waals surface area contributed by atoms with Crippen LogP contribution in [0.5, 0.6) is 0 Å². The van der Waals surface area contributed by atoms with Crippen LogP contribution in [0.2, 0.25) is 0 Å². The molecule has 1 aromatic carbocycles. The van der Waals surface area contributed by atoms with E-state index in [0.717, 1.165) is 13.2 Å². The number of halogens is 1. The highest BCUT2D eigenvalue weighted by molar-refractivity contribution is 5.14. The smallest absolute Gasteiger partial charge is 0.101 e. The maximum Gasteiger partial charge on any atom is 0.101 e. The van der Waals surface area contributed by atoms with Gasteiger partial charge in [0.15, 0.2) is 0 Å². The van der Waals surface area contributed by atoms with Gasteiger partial charge in [0.05, 0.1) is 19.8 Å². The molecule has 3 heteroatoms. The van der Waals surface area contributed by atoms with Crippen molar-refractivity contribution in [2.75, 3.05) is 32.8 Å². The number of hydrogen-bond acceptors (Lipinski definition) is 1. The second kappa shape index (κ2) is 6.83. The van der Waals surface area contributed by atoms with Crippen molar-refractivity contribution in [1.82, 2.24) is 0 Å². The maximum atomic E-state index is 5.33. The third kappa shape index (κ3) is 4.20. The summed E-state index contributed by atoms with van der Waals surface area (Å²) < 4.78 is 5.33. The van der Waals surface area contributed by atoms with Gasteiger partial charge in [0.1, 0.15) is 13.1 Å². The summed E-state index contributed by atoms with van der Waals surface area (Å²) in [5.41, 5.74) is 1.45. The lowest BCUT2D eigenvalue weighted by Gasteiger charge is -2.23. The van der Waals surface area contributed by atoms with Crippen molar-refractivity contribution in [2.45, 2.75) is 6.42 Å². The number of ether oxygens (including phenoxy) is 1. The molecule has 1 N–H and O–H groups in total. The van der Waals surface area contributed by atoms with Crippen molar-refractivity contribution in [2.24, 2.45) is 0 Å². The van der Waals surface area contributed by atoms with E-state index >= 15 is 0 Å². The number of nitrogens with one attached hydrogen (secondary N) is 1. The molecule has 0 spiro atoms. The van der Waals surface area contributed by atoms with Gasteiger partial charge in [-0.3, -0.25) is 0 Å². The first-order valence-electron chi connectivity index (χ1n) is 5.40. The van der Waals surface area contributed by atoms with Crippen molar-refractivity contribution >= 4 is 0 Å². The normalized spacial score (nSPS) is 17.1. The molecule has 0 aliphatic carbocycles. The zero-order chi connectivity index (χ0) is 9.64. The van der Waals surface area contributed by atoms with Crippen LogP contribution in [0.4, 0.5) is 0 Å². The average Bonchev–Trinajstić information content (AvgIpc) is 2.29. The standard InChI is InChI=1S/C12H17NO.ClH/c1-2-4-12(5-3-1)6-7-13-8-10-14-11-9-13;/h1-5H,6-11H2;1H. The molecule has 2 nitrogen and oxygen atoms in total. The molecule has 0 bridgehead atoms. The number of hydrogen-bond donors (Lipinski definition) is 1. The minimum absolute atomic E-state index is 0. The summed E-state index contributed by atoms with van der Waals surface area (Å²) in [5, 5.41) is 0. The quantitative estimate of drug-likeness (QED) is 0.587. The van der Waals surface area contributed by atoms with Crippen LogP contribution in [0.1, 0.15) is 5.56 Å². The van der Waals surface area contributed by atoms with Crippen LogP contribution in [0.25, 0.3) is 0 Å². The summed E-state index contributed by atoms with van der Waals surface area (Å²) in [6, 6.07) is 10.7. The molecule has 15 heavy (non-hydrogen) atoms. The molecule has 0 saturated carbocycles. The number of rotatable bonds is 3. The summed E-state index contributed by atoms with van der Waals surface area (Å²) in [6.45, 7) is 5.46. The molecule has 1 saturated heterocycles. The van der Waals surface area contributed by atoms with Crippen LogP contribution in [0, 0.1) is 0 Å². The Kier molecular flexibility index (Phi) is 5.69. The summed E-state index contributed by atoms with van der Waals surface area (Å²) in [7, 11) is 0. The fourth-order valence-electron chi connectivity index (χ4n) is 1.88. The van der Waals surface area contributed by atoms with Crippen molar-refractivity contribution in [3.63, 3.8) is 0 Å². The average molecular weight is 228 g/mol. The van der Waals surface area contributed by atoms with Gasteiger partial charge in [-0.25, -0.2) is 0 Å². The second-order valence-corrected chi connectivity index (χ2v) is 3.85. The summed E-state index contributed by atoms with van der Waals surface area (Å²) in [6.07, 6.45) is 1.19. The van der Waals surface area contributed by atoms with E-state index in [9.17, 15) is 0 Å². The molecule has 0 atom stereocenters. The highest BCUT2D eigenvalue weighted by Gasteiger charge is 2.12. The molecular formula is C12H18ClNO. The second-order valence-electron chi connectivity index (χ2n) is 3.85. The molecule has 1 aliphatic rings. The van der Waals surface area contributed by atoms with Crippen molar-refractivity contribution in [1.29, 1.82) is 0 Å². The zero-order valence-corrected chi connectivity index (χ0v) is 9.67. The Hall–Kier alpha value is -0.570. The highest BCUT2D eigenvalue weighted by atomic mass is 35.5. The third-order valence-electron chi connectivity index (χ3n) is 2.81. The van der Waals surface area contributed by atoms with Crippen LogP contribution in [-0.2, 0) is 11.2 Å². The Morgan fingerprint density at radius 1 is 1.07 bits per heavy atom. The zero-order valence-electron chi connectivity index (χ0n) is 8.92. The van der Waals surface area contributed by atoms with Crippen LogP contribution in [0.15, 0.2) is 30.3 Å². The van der Waals surface area contributed by atoms with Gasteiger partial charge in [0.2, 0.25) is 0 Å². The number of morpholine rings is 1. The van der Waals surface area contributed by atoms with E-state index in [1.165, 1.54) is 31.6 Å². The van der Waals surface area contributed by atoms with Crippen LogP contribution in [-0.4, -0.2) is 32.8 Å². The first-order chi connectivity index (χ1) is 6.95. The van der Waals surface area contributed by atoms with Gasteiger partial charge in [-0.15, -0.1) is 0 Å². The van der Waals surface area contributed by atoms with E-state index in [-0.39, 0.29) is 12.4 Å². The van der Waals surface area contributed by atoms with Gasteiger partial charge < -0.3 is 22.0 Å². The first-order valence-corrected chi connectivity index (χ1v) is 5.40. The lowest BCUT2D eigenvalue weighted by atomic mass is 10.1. The van der Waals surface area contributed by atoms with E-state index in [0.29, 0.717) is 0 Å². The molecule has 0 amide bonds. The maximum absolute atomic E-state index is 5.33. The van der Waals surface area contributed by atoms with E-state index in [1.807, 2.05) is 0 Å². The summed E-state index contributed by atoms with van der Waals surface area (Å²) in [4.78, 5) is 1.68. The van der Waals surface area contributed by atoms with Crippen LogP contribution < -0.4 is 17.3 Å². The first kappa shape index (κ1) is 12.5. The molecule has 1 aromatic rings. The number of quaternary nitrogens is 1. The topological polar surface area (TPSA) is 13.7 Å². The molecule has 2 rings (SSSR count). The van der Waals surface area contributed by atoms with Crippen molar-refractivity contribution in [3.8, 4) is 0 Å². The SMILES string of the molecule is [Cl-].c1ccc(CC[NH+]2CCOCC2)cc1. The van der Waals surface area contributed by atoms with E-state index < -0.39 is 0 Å². The molecular weight excluding hydrogens is 210 g/mol. The molecule has 0 unspecified atom stereocenters.